The maximum absolute atomic E-state index is 11.6. The van der Waals surface area contributed by atoms with Crippen molar-refractivity contribution < 1.29 is 9.53 Å². The van der Waals surface area contributed by atoms with E-state index in [0.717, 1.165) is 0 Å². The topological polar surface area (TPSA) is 97.9 Å². The monoisotopic (exact) mass is 318 g/mol. The predicted octanol–water partition coefficient (Wildman–Crippen LogP) is 3.18. The standard InChI is InChI=1S/C18H14N4O2/c1-21-18(23)14-3-2-4-17(9-14)24-16-7-5-15(6-8-16)22-12-13(10-19)11-20/h2-9,12,22H,1H3,(H,21,23). The molecule has 6 heteroatoms. The average Bonchev–Trinajstić information content (AvgIpc) is 2.63. The molecule has 0 spiro atoms. The van der Waals surface area contributed by atoms with Crippen molar-refractivity contribution in [1.82, 2.24) is 5.32 Å². The summed E-state index contributed by atoms with van der Waals surface area (Å²) in [5.41, 5.74) is 1.21. The van der Waals surface area contributed by atoms with E-state index >= 15 is 0 Å². The zero-order valence-corrected chi connectivity index (χ0v) is 12.9. The highest BCUT2D eigenvalue weighted by molar-refractivity contribution is 5.94. The average molecular weight is 318 g/mol. The number of rotatable bonds is 5. The molecule has 6 nitrogen and oxygen atoms in total. The molecule has 0 aliphatic rings. The van der Waals surface area contributed by atoms with E-state index in [1.54, 1.807) is 67.7 Å². The van der Waals surface area contributed by atoms with Gasteiger partial charge in [-0.05, 0) is 42.5 Å². The molecule has 2 aromatic rings. The maximum Gasteiger partial charge on any atom is 0.251 e. The molecule has 2 N–H and O–H groups in total. The van der Waals surface area contributed by atoms with Crippen molar-refractivity contribution in [1.29, 1.82) is 10.5 Å². The summed E-state index contributed by atoms with van der Waals surface area (Å²) in [5, 5.41) is 22.7. The molecule has 0 aliphatic carbocycles. The van der Waals surface area contributed by atoms with E-state index in [-0.39, 0.29) is 11.5 Å². The highest BCUT2D eigenvalue weighted by atomic mass is 16.5. The third kappa shape index (κ3) is 4.36. The van der Waals surface area contributed by atoms with Crippen molar-refractivity contribution in [2.75, 3.05) is 12.4 Å². The molecule has 0 aliphatic heterocycles. The number of amides is 1. The maximum atomic E-state index is 11.6. The summed E-state index contributed by atoms with van der Waals surface area (Å²) >= 11 is 0. The number of allylic oxidation sites excluding steroid dienone is 1. The summed E-state index contributed by atoms with van der Waals surface area (Å²) in [7, 11) is 1.57. The molecule has 0 fully saturated rings. The van der Waals surface area contributed by atoms with Gasteiger partial charge in [0, 0.05) is 24.5 Å². The quantitative estimate of drug-likeness (QED) is 0.825. The Morgan fingerprint density at radius 2 is 1.79 bits per heavy atom. The lowest BCUT2D eigenvalue weighted by molar-refractivity contribution is 0.0963. The molecule has 0 saturated heterocycles. The number of nitrogens with one attached hydrogen (secondary N) is 2. The van der Waals surface area contributed by atoms with Crippen LogP contribution in [-0.2, 0) is 0 Å². The van der Waals surface area contributed by atoms with Gasteiger partial charge in [0.1, 0.15) is 29.2 Å². The molecule has 2 rings (SSSR count). The van der Waals surface area contributed by atoms with E-state index in [1.165, 1.54) is 6.20 Å². The van der Waals surface area contributed by atoms with Gasteiger partial charge >= 0.3 is 0 Å². The lowest BCUT2D eigenvalue weighted by atomic mass is 10.2. The van der Waals surface area contributed by atoms with E-state index in [2.05, 4.69) is 10.6 Å². The van der Waals surface area contributed by atoms with E-state index in [4.69, 9.17) is 15.3 Å². The van der Waals surface area contributed by atoms with Gasteiger partial charge in [-0.15, -0.1) is 0 Å². The third-order valence-electron chi connectivity index (χ3n) is 3.04. The molecule has 0 saturated carbocycles. The van der Waals surface area contributed by atoms with Crippen LogP contribution in [0, 0.1) is 22.7 Å². The lowest BCUT2D eigenvalue weighted by Gasteiger charge is -2.08. The highest BCUT2D eigenvalue weighted by Crippen LogP contribution is 2.24. The molecule has 2 aromatic carbocycles. The number of nitriles is 2. The van der Waals surface area contributed by atoms with Crippen molar-refractivity contribution in [2.45, 2.75) is 0 Å². The van der Waals surface area contributed by atoms with Gasteiger partial charge in [-0.1, -0.05) is 6.07 Å². The van der Waals surface area contributed by atoms with Crippen LogP contribution in [0.5, 0.6) is 11.5 Å². The predicted molar refractivity (Wildman–Crippen MR) is 89.3 cm³/mol. The Balaban J connectivity index is 2.07. The fourth-order valence-electron chi connectivity index (χ4n) is 1.85. The first-order valence-corrected chi connectivity index (χ1v) is 7.03. The number of carbonyl (C=O) groups excluding carboxylic acids is 1. The zero-order chi connectivity index (χ0) is 17.4. The van der Waals surface area contributed by atoms with Crippen molar-refractivity contribution in [3.63, 3.8) is 0 Å². The third-order valence-corrected chi connectivity index (χ3v) is 3.04. The van der Waals surface area contributed by atoms with Crippen molar-refractivity contribution >= 4 is 11.6 Å². The van der Waals surface area contributed by atoms with Crippen molar-refractivity contribution in [3.05, 3.63) is 65.9 Å². The van der Waals surface area contributed by atoms with Gasteiger partial charge in [-0.3, -0.25) is 4.79 Å². The summed E-state index contributed by atoms with van der Waals surface area (Å²) in [6.07, 6.45) is 1.34. The van der Waals surface area contributed by atoms with Gasteiger partial charge in [0.25, 0.3) is 5.91 Å². The van der Waals surface area contributed by atoms with Crippen LogP contribution < -0.4 is 15.4 Å². The van der Waals surface area contributed by atoms with Gasteiger partial charge in [-0.2, -0.15) is 10.5 Å². The first-order valence-electron chi connectivity index (χ1n) is 7.03. The van der Waals surface area contributed by atoms with Crippen molar-refractivity contribution in [2.24, 2.45) is 0 Å². The Kier molecular flexibility index (Phi) is 5.55. The molecule has 0 aromatic heterocycles. The number of hydrogen-bond acceptors (Lipinski definition) is 5. The second-order valence-electron chi connectivity index (χ2n) is 4.66. The molecule has 0 bridgehead atoms. The normalized spacial score (nSPS) is 9.12. The van der Waals surface area contributed by atoms with Gasteiger partial charge in [0.05, 0.1) is 0 Å². The molecule has 0 heterocycles. The molecule has 0 radical (unpaired) electrons. The summed E-state index contributed by atoms with van der Waals surface area (Å²) < 4.78 is 5.71. The van der Waals surface area contributed by atoms with Crippen LogP contribution in [-0.4, -0.2) is 13.0 Å². The lowest BCUT2D eigenvalue weighted by Crippen LogP contribution is -2.17. The number of nitrogens with zero attached hydrogens (tertiary/aromatic N) is 2. The summed E-state index contributed by atoms with van der Waals surface area (Å²) in [6, 6.07) is 17.4. The van der Waals surface area contributed by atoms with E-state index < -0.39 is 0 Å². The molecule has 1 amide bonds. The number of hydrogen-bond donors (Lipinski definition) is 2. The van der Waals surface area contributed by atoms with Gasteiger partial charge < -0.3 is 15.4 Å². The molecular formula is C18H14N4O2. The fraction of sp³-hybridized carbons (Fsp3) is 0.0556. The number of ether oxygens (including phenoxy) is 1. The van der Waals surface area contributed by atoms with Crippen molar-refractivity contribution in [3.8, 4) is 23.6 Å². The largest absolute Gasteiger partial charge is 0.457 e. The number of anilines is 1. The first-order chi connectivity index (χ1) is 11.7. The van der Waals surface area contributed by atoms with Crippen LogP contribution in [0.4, 0.5) is 5.69 Å². The van der Waals surface area contributed by atoms with Crippen LogP contribution in [0.1, 0.15) is 10.4 Å². The Bertz CT molecular complexity index is 827. The summed E-state index contributed by atoms with van der Waals surface area (Å²) in [6.45, 7) is 0. The SMILES string of the molecule is CNC(=O)c1cccc(Oc2ccc(NC=C(C#N)C#N)cc2)c1. The summed E-state index contributed by atoms with van der Waals surface area (Å²) in [5.74, 6) is 0.963. The first kappa shape index (κ1) is 16.6. The number of benzene rings is 2. The minimum Gasteiger partial charge on any atom is -0.457 e. The molecular weight excluding hydrogens is 304 g/mol. The van der Waals surface area contributed by atoms with Gasteiger partial charge in [-0.25, -0.2) is 0 Å². The highest BCUT2D eigenvalue weighted by Gasteiger charge is 2.05. The molecule has 24 heavy (non-hydrogen) atoms. The smallest absolute Gasteiger partial charge is 0.251 e. The second kappa shape index (κ2) is 8.02. The molecule has 118 valence electrons. The van der Waals surface area contributed by atoms with E-state index in [0.29, 0.717) is 22.7 Å². The molecule has 0 atom stereocenters. The Morgan fingerprint density at radius 3 is 2.42 bits per heavy atom. The minimum atomic E-state index is -0.183. The van der Waals surface area contributed by atoms with E-state index in [1.807, 2.05) is 0 Å². The van der Waals surface area contributed by atoms with Crippen LogP contribution in [0.3, 0.4) is 0 Å². The zero-order valence-electron chi connectivity index (χ0n) is 12.9. The second-order valence-corrected chi connectivity index (χ2v) is 4.66. The van der Waals surface area contributed by atoms with Crippen LogP contribution in [0.15, 0.2) is 60.3 Å². The molecule has 0 unspecified atom stereocenters. The van der Waals surface area contributed by atoms with Crippen LogP contribution in [0.25, 0.3) is 0 Å². The summed E-state index contributed by atoms with van der Waals surface area (Å²) in [4.78, 5) is 11.6. The van der Waals surface area contributed by atoms with E-state index in [9.17, 15) is 4.79 Å². The van der Waals surface area contributed by atoms with Gasteiger partial charge in [0.2, 0.25) is 0 Å². The van der Waals surface area contributed by atoms with Gasteiger partial charge in [0.15, 0.2) is 0 Å². The minimum absolute atomic E-state index is 0.0126. The Labute approximate surface area is 139 Å². The fourth-order valence-corrected chi connectivity index (χ4v) is 1.85. The van der Waals surface area contributed by atoms with Crippen LogP contribution in [0.2, 0.25) is 0 Å². The Hall–Kier alpha value is -3.77. The Morgan fingerprint density at radius 1 is 1.08 bits per heavy atom. The number of carbonyl (C=O) groups is 1. The van der Waals surface area contributed by atoms with Crippen LogP contribution >= 0.6 is 0 Å².